The molecule has 2 aromatic rings. The third-order valence-electron chi connectivity index (χ3n) is 5.86. The third kappa shape index (κ3) is 5.68. The first-order chi connectivity index (χ1) is 15.3. The highest BCUT2D eigenvalue weighted by atomic mass is 32.2. The Kier molecular flexibility index (Phi) is 8.29. The molecule has 0 bridgehead atoms. The van der Waals surface area contributed by atoms with Crippen molar-refractivity contribution in [2.24, 2.45) is 0 Å². The molecule has 6 heteroatoms. The van der Waals surface area contributed by atoms with E-state index in [-0.39, 0.29) is 18.2 Å². The number of allylic oxidation sites excluding steroid dienone is 2. The van der Waals surface area contributed by atoms with Crippen LogP contribution in [0, 0.1) is 5.82 Å². The summed E-state index contributed by atoms with van der Waals surface area (Å²) in [6.07, 6.45) is 3.77. The molecule has 0 fully saturated rings. The van der Waals surface area contributed by atoms with Crippen LogP contribution in [0.5, 0.6) is 0 Å². The first-order valence-electron chi connectivity index (χ1n) is 10.9. The standard InChI is InChI=1S/C26H30FNO3S/c1-5-28(6-2)13-14-31-26(29)17-24-18(3)23(22-12-9-20(27)16-25(22)24)15-19-7-10-21(11-8-19)32(4)30/h7-12,15-16H,5-6,13-14,17H2,1-4H3. The van der Waals surface area contributed by atoms with Crippen LogP contribution in [-0.2, 0) is 20.7 Å². The topological polar surface area (TPSA) is 52.6 Å². The predicted molar refractivity (Wildman–Crippen MR) is 129 cm³/mol. The lowest BCUT2D eigenvalue weighted by Crippen LogP contribution is -2.27. The van der Waals surface area contributed by atoms with Crippen LogP contribution < -0.4 is 0 Å². The Morgan fingerprint density at radius 2 is 1.81 bits per heavy atom. The van der Waals surface area contributed by atoms with E-state index < -0.39 is 11.2 Å². The Hall–Kier alpha value is -2.41. The summed E-state index contributed by atoms with van der Waals surface area (Å²) >= 11 is -1.03. The number of carbonyl (C=O) groups excluding carboxylic acids is 1. The highest BCUT2D eigenvalue weighted by molar-refractivity contribution is 7.90. The normalized spacial score (nSPS) is 15.4. The Morgan fingerprint density at radius 1 is 1.12 bits per heavy atom. The van der Waals surface area contributed by atoms with E-state index in [0.29, 0.717) is 13.2 Å². The molecule has 0 saturated carbocycles. The van der Waals surface area contributed by atoms with Gasteiger partial charge in [-0.1, -0.05) is 19.9 Å². The molecule has 1 unspecified atom stereocenters. The maximum atomic E-state index is 14.1. The summed E-state index contributed by atoms with van der Waals surface area (Å²) in [5.74, 6) is -0.641. The van der Waals surface area contributed by atoms with Gasteiger partial charge in [0.2, 0.25) is 0 Å². The van der Waals surface area contributed by atoms with Crippen molar-refractivity contribution in [3.63, 3.8) is 0 Å². The molecule has 170 valence electrons. The molecule has 2 aromatic carbocycles. The lowest BCUT2D eigenvalue weighted by atomic mass is 10.0. The van der Waals surface area contributed by atoms with Gasteiger partial charge < -0.3 is 14.2 Å². The van der Waals surface area contributed by atoms with Crippen molar-refractivity contribution in [3.8, 4) is 0 Å². The molecule has 0 saturated heterocycles. The van der Waals surface area contributed by atoms with Gasteiger partial charge in [-0.15, -0.1) is 0 Å². The third-order valence-corrected chi connectivity index (χ3v) is 6.80. The molecule has 1 aliphatic rings. The Bertz CT molecular complexity index is 1020. The Balaban J connectivity index is 1.84. The summed E-state index contributed by atoms with van der Waals surface area (Å²) in [5, 5.41) is 0. The minimum atomic E-state index is -1.03. The van der Waals surface area contributed by atoms with Crippen LogP contribution in [0.15, 0.2) is 52.9 Å². The number of halogens is 1. The fraction of sp³-hybridized carbons (Fsp3) is 0.346. The highest BCUT2D eigenvalue weighted by Gasteiger charge is 2.26. The number of hydrogen-bond acceptors (Lipinski definition) is 4. The number of carbonyl (C=O) groups is 1. The molecule has 1 aliphatic carbocycles. The highest BCUT2D eigenvalue weighted by Crippen LogP contribution is 2.44. The van der Waals surface area contributed by atoms with Gasteiger partial charge in [-0.05, 0) is 107 Å². The van der Waals surface area contributed by atoms with E-state index in [4.69, 9.17) is 4.74 Å². The number of benzene rings is 2. The smallest absolute Gasteiger partial charge is 0.310 e. The number of likely N-dealkylation sites (N-methyl/N-ethyl adjacent to an activating group) is 1. The van der Waals surface area contributed by atoms with E-state index in [1.165, 1.54) is 12.1 Å². The van der Waals surface area contributed by atoms with Crippen LogP contribution in [0.4, 0.5) is 4.39 Å². The zero-order valence-electron chi connectivity index (χ0n) is 19.1. The van der Waals surface area contributed by atoms with E-state index in [9.17, 15) is 13.7 Å². The van der Waals surface area contributed by atoms with Crippen LogP contribution in [0.3, 0.4) is 0 Å². The molecule has 3 rings (SSSR count). The van der Waals surface area contributed by atoms with Crippen LogP contribution in [0.2, 0.25) is 0 Å². The fourth-order valence-electron chi connectivity index (χ4n) is 3.93. The molecule has 4 nitrogen and oxygen atoms in total. The number of fused-ring (bicyclic) bond motifs is 1. The summed E-state index contributed by atoms with van der Waals surface area (Å²) in [6.45, 7) is 8.97. The van der Waals surface area contributed by atoms with Gasteiger partial charge in [0.1, 0.15) is 18.7 Å². The van der Waals surface area contributed by atoms with Crippen molar-refractivity contribution < 1.29 is 18.5 Å². The SMILES string of the molecule is CCN(CC)CCOC(=O)CC1=C(C)C(=Cc2ccc([S+](C)[O-])cc2)c2ccc(F)cc21. The van der Waals surface area contributed by atoms with E-state index in [1.807, 2.05) is 37.3 Å². The molecule has 0 N–H and O–H groups in total. The van der Waals surface area contributed by atoms with E-state index >= 15 is 0 Å². The van der Waals surface area contributed by atoms with Crippen molar-refractivity contribution in [3.05, 3.63) is 70.5 Å². The second kappa shape index (κ2) is 10.9. The van der Waals surface area contributed by atoms with Gasteiger partial charge in [-0.25, -0.2) is 4.39 Å². The predicted octanol–water partition coefficient (Wildman–Crippen LogP) is 5.17. The van der Waals surface area contributed by atoms with Gasteiger partial charge in [0, 0.05) is 6.54 Å². The van der Waals surface area contributed by atoms with Crippen molar-refractivity contribution in [1.29, 1.82) is 0 Å². The number of rotatable bonds is 9. The fourth-order valence-corrected chi connectivity index (χ4v) is 4.45. The molecule has 1 atom stereocenters. The number of esters is 1. The summed E-state index contributed by atoms with van der Waals surface area (Å²) in [6, 6.07) is 12.2. The molecular formula is C26H30FNO3S. The van der Waals surface area contributed by atoms with Gasteiger partial charge in [-0.2, -0.15) is 0 Å². The number of nitrogens with zero attached hydrogens (tertiary/aromatic N) is 1. The van der Waals surface area contributed by atoms with Crippen molar-refractivity contribution in [1.82, 2.24) is 4.90 Å². The van der Waals surface area contributed by atoms with Crippen LogP contribution in [-0.4, -0.2) is 47.9 Å². The van der Waals surface area contributed by atoms with Crippen LogP contribution >= 0.6 is 0 Å². The largest absolute Gasteiger partial charge is 0.612 e. The number of hydrogen-bond donors (Lipinski definition) is 0. The van der Waals surface area contributed by atoms with Gasteiger partial charge >= 0.3 is 5.97 Å². The Labute approximate surface area is 193 Å². The summed E-state index contributed by atoms with van der Waals surface area (Å²) in [5.41, 5.74) is 5.28. The van der Waals surface area contributed by atoms with Gasteiger partial charge in [0.15, 0.2) is 4.90 Å². The maximum Gasteiger partial charge on any atom is 0.310 e. The summed E-state index contributed by atoms with van der Waals surface area (Å²) < 4.78 is 31.2. The first-order valence-corrected chi connectivity index (χ1v) is 12.4. The zero-order chi connectivity index (χ0) is 23.3. The lowest BCUT2D eigenvalue weighted by molar-refractivity contribution is -0.142. The quantitative estimate of drug-likeness (QED) is 0.387. The lowest BCUT2D eigenvalue weighted by Gasteiger charge is -2.17. The zero-order valence-corrected chi connectivity index (χ0v) is 19.9. The van der Waals surface area contributed by atoms with E-state index in [2.05, 4.69) is 18.7 Å². The molecule has 0 heterocycles. The monoisotopic (exact) mass is 455 g/mol. The number of ether oxygens (including phenoxy) is 1. The van der Waals surface area contributed by atoms with Crippen LogP contribution in [0.25, 0.3) is 17.2 Å². The van der Waals surface area contributed by atoms with Crippen LogP contribution in [0.1, 0.15) is 43.9 Å². The van der Waals surface area contributed by atoms with E-state index in [0.717, 1.165) is 51.4 Å². The molecule has 0 aliphatic heterocycles. The first kappa shape index (κ1) is 24.2. The summed E-state index contributed by atoms with van der Waals surface area (Å²) in [7, 11) is 0. The average molecular weight is 456 g/mol. The average Bonchev–Trinajstić information content (AvgIpc) is 3.02. The summed E-state index contributed by atoms with van der Waals surface area (Å²) in [4.78, 5) is 15.5. The van der Waals surface area contributed by atoms with Gasteiger partial charge in [0.05, 0.1) is 6.42 Å². The second-order valence-electron chi connectivity index (χ2n) is 7.80. The van der Waals surface area contributed by atoms with Gasteiger partial charge in [0.25, 0.3) is 0 Å². The molecule has 0 radical (unpaired) electrons. The van der Waals surface area contributed by atoms with Gasteiger partial charge in [-0.3, -0.25) is 4.79 Å². The molecule has 32 heavy (non-hydrogen) atoms. The Morgan fingerprint density at radius 3 is 2.44 bits per heavy atom. The maximum absolute atomic E-state index is 14.1. The van der Waals surface area contributed by atoms with Crippen molar-refractivity contribution >= 4 is 34.4 Å². The second-order valence-corrected chi connectivity index (χ2v) is 9.18. The molecule has 0 spiro atoms. The molecular weight excluding hydrogens is 425 g/mol. The minimum Gasteiger partial charge on any atom is -0.612 e. The van der Waals surface area contributed by atoms with Crippen molar-refractivity contribution in [2.45, 2.75) is 32.1 Å². The van der Waals surface area contributed by atoms with Crippen molar-refractivity contribution in [2.75, 3.05) is 32.5 Å². The minimum absolute atomic E-state index is 0.103. The van der Waals surface area contributed by atoms with E-state index in [1.54, 1.807) is 12.3 Å². The molecule has 0 aromatic heterocycles. The molecule has 0 amide bonds.